The van der Waals surface area contributed by atoms with E-state index in [9.17, 15) is 4.79 Å². The summed E-state index contributed by atoms with van der Waals surface area (Å²) in [6, 6.07) is 14.6. The lowest BCUT2D eigenvalue weighted by Crippen LogP contribution is -2.28. The fourth-order valence-electron chi connectivity index (χ4n) is 2.12. The first kappa shape index (κ1) is 14.9. The molecule has 0 radical (unpaired) electrons. The van der Waals surface area contributed by atoms with Crippen LogP contribution in [0.4, 0.5) is 5.69 Å². The third kappa shape index (κ3) is 3.75. The van der Waals surface area contributed by atoms with Gasteiger partial charge in [-0.15, -0.1) is 0 Å². The van der Waals surface area contributed by atoms with Crippen LogP contribution in [0.3, 0.4) is 0 Å². The van der Waals surface area contributed by atoms with Gasteiger partial charge in [0.15, 0.2) is 0 Å². The van der Waals surface area contributed by atoms with E-state index in [1.54, 1.807) is 0 Å². The average molecular weight is 284 g/mol. The monoisotopic (exact) mass is 284 g/mol. The van der Waals surface area contributed by atoms with E-state index in [-0.39, 0.29) is 0 Å². The minimum Gasteiger partial charge on any atom is -0.494 e. The van der Waals surface area contributed by atoms with Gasteiger partial charge >= 0.3 is 0 Å². The molecule has 0 aliphatic carbocycles. The van der Waals surface area contributed by atoms with E-state index < -0.39 is 11.9 Å². The molecule has 1 atom stereocenters. The lowest BCUT2D eigenvalue weighted by atomic mass is 10.0. The van der Waals surface area contributed by atoms with Crippen LogP contribution in [-0.2, 0) is 4.79 Å². The summed E-state index contributed by atoms with van der Waals surface area (Å²) in [5, 5.41) is 3.17. The largest absolute Gasteiger partial charge is 0.494 e. The van der Waals surface area contributed by atoms with Gasteiger partial charge in [-0.2, -0.15) is 0 Å². The molecule has 2 aromatic carbocycles. The number of amides is 1. The molecule has 3 N–H and O–H groups in total. The molecule has 2 aromatic rings. The second kappa shape index (κ2) is 6.79. The number of aryl methyl sites for hydroxylation is 1. The number of hydrogen-bond donors (Lipinski definition) is 2. The molecule has 0 aliphatic heterocycles. The quantitative estimate of drug-likeness (QED) is 0.857. The molecule has 1 amide bonds. The maximum Gasteiger partial charge on any atom is 0.244 e. The Morgan fingerprint density at radius 1 is 1.19 bits per heavy atom. The Labute approximate surface area is 124 Å². The molecule has 2 rings (SSSR count). The number of anilines is 1. The third-order valence-corrected chi connectivity index (χ3v) is 3.18. The summed E-state index contributed by atoms with van der Waals surface area (Å²) in [4.78, 5) is 11.8. The van der Waals surface area contributed by atoms with Crippen LogP contribution in [-0.4, -0.2) is 12.5 Å². The molecule has 0 fully saturated rings. The number of benzene rings is 2. The number of carbonyl (C=O) groups is 1. The molecule has 0 heterocycles. The minimum atomic E-state index is -0.629. The highest BCUT2D eigenvalue weighted by atomic mass is 16.5. The van der Waals surface area contributed by atoms with Gasteiger partial charge < -0.3 is 15.8 Å². The van der Waals surface area contributed by atoms with Crippen molar-refractivity contribution < 1.29 is 9.53 Å². The van der Waals surface area contributed by atoms with E-state index in [2.05, 4.69) is 5.32 Å². The zero-order valence-electron chi connectivity index (χ0n) is 12.3. The number of primary amides is 1. The molecular formula is C17H20N2O2. The van der Waals surface area contributed by atoms with Gasteiger partial charge in [0.25, 0.3) is 0 Å². The van der Waals surface area contributed by atoms with E-state index in [0.29, 0.717) is 12.4 Å². The number of para-hydroxylation sites is 1. The molecule has 21 heavy (non-hydrogen) atoms. The predicted molar refractivity (Wildman–Crippen MR) is 84.3 cm³/mol. The molecule has 0 saturated carbocycles. The van der Waals surface area contributed by atoms with Crippen molar-refractivity contribution in [1.29, 1.82) is 0 Å². The lowest BCUT2D eigenvalue weighted by Gasteiger charge is -2.20. The highest BCUT2D eigenvalue weighted by Crippen LogP contribution is 2.28. The Hall–Kier alpha value is -2.49. The Kier molecular flexibility index (Phi) is 4.82. The standard InChI is InChI=1S/C17H20N2O2/c1-3-21-15-7-5-4-6-14(15)16(17(18)20)19-13-10-8-12(2)9-11-13/h4-11,16,19H,3H2,1-2H3,(H2,18,20). The van der Waals surface area contributed by atoms with Crippen LogP contribution in [0.2, 0.25) is 0 Å². The summed E-state index contributed by atoms with van der Waals surface area (Å²) in [7, 11) is 0. The molecule has 0 aliphatic rings. The second-order valence-corrected chi connectivity index (χ2v) is 4.82. The summed E-state index contributed by atoms with van der Waals surface area (Å²) < 4.78 is 5.58. The van der Waals surface area contributed by atoms with Crippen LogP contribution >= 0.6 is 0 Å². The SMILES string of the molecule is CCOc1ccccc1C(Nc1ccc(C)cc1)C(N)=O. The van der Waals surface area contributed by atoms with Crippen molar-refractivity contribution >= 4 is 11.6 Å². The minimum absolute atomic E-state index is 0.442. The van der Waals surface area contributed by atoms with Crippen LogP contribution in [0.25, 0.3) is 0 Å². The molecule has 4 heteroatoms. The number of carbonyl (C=O) groups excluding carboxylic acids is 1. The van der Waals surface area contributed by atoms with E-state index in [1.807, 2.05) is 62.4 Å². The Bertz CT molecular complexity index is 608. The normalized spacial score (nSPS) is 11.7. The van der Waals surface area contributed by atoms with E-state index in [0.717, 1.165) is 16.8 Å². The summed E-state index contributed by atoms with van der Waals surface area (Å²) in [6.45, 7) is 4.45. The van der Waals surface area contributed by atoms with Crippen molar-refractivity contribution in [2.75, 3.05) is 11.9 Å². The summed E-state index contributed by atoms with van der Waals surface area (Å²) >= 11 is 0. The van der Waals surface area contributed by atoms with Gasteiger partial charge in [-0.05, 0) is 32.0 Å². The lowest BCUT2D eigenvalue weighted by molar-refractivity contribution is -0.118. The maximum atomic E-state index is 11.8. The van der Waals surface area contributed by atoms with Crippen LogP contribution in [0, 0.1) is 6.92 Å². The fourth-order valence-corrected chi connectivity index (χ4v) is 2.12. The first-order valence-electron chi connectivity index (χ1n) is 6.96. The van der Waals surface area contributed by atoms with Gasteiger partial charge in [0, 0.05) is 11.3 Å². The van der Waals surface area contributed by atoms with Gasteiger partial charge in [0.2, 0.25) is 5.91 Å². The van der Waals surface area contributed by atoms with Crippen molar-refractivity contribution in [3.05, 3.63) is 59.7 Å². The van der Waals surface area contributed by atoms with Crippen molar-refractivity contribution in [1.82, 2.24) is 0 Å². The second-order valence-electron chi connectivity index (χ2n) is 4.82. The van der Waals surface area contributed by atoms with E-state index in [1.165, 1.54) is 0 Å². The zero-order chi connectivity index (χ0) is 15.2. The van der Waals surface area contributed by atoms with Crippen molar-refractivity contribution in [2.24, 2.45) is 5.73 Å². The summed E-state index contributed by atoms with van der Waals surface area (Å²) in [5.74, 6) is 0.228. The average Bonchev–Trinajstić information content (AvgIpc) is 2.47. The summed E-state index contributed by atoms with van der Waals surface area (Å²) in [6.07, 6.45) is 0. The maximum absolute atomic E-state index is 11.8. The molecule has 0 aromatic heterocycles. The molecule has 1 unspecified atom stereocenters. The van der Waals surface area contributed by atoms with Crippen LogP contribution in [0.15, 0.2) is 48.5 Å². The Balaban J connectivity index is 2.31. The van der Waals surface area contributed by atoms with Crippen LogP contribution in [0.5, 0.6) is 5.75 Å². The zero-order valence-corrected chi connectivity index (χ0v) is 12.3. The highest BCUT2D eigenvalue weighted by molar-refractivity contribution is 5.85. The fraction of sp³-hybridized carbons (Fsp3) is 0.235. The number of nitrogens with one attached hydrogen (secondary N) is 1. The molecule has 0 bridgehead atoms. The van der Waals surface area contributed by atoms with Gasteiger partial charge in [-0.25, -0.2) is 0 Å². The molecular weight excluding hydrogens is 264 g/mol. The Morgan fingerprint density at radius 3 is 2.48 bits per heavy atom. The third-order valence-electron chi connectivity index (χ3n) is 3.18. The Morgan fingerprint density at radius 2 is 1.86 bits per heavy atom. The number of nitrogens with two attached hydrogens (primary N) is 1. The number of rotatable bonds is 6. The van der Waals surface area contributed by atoms with Crippen molar-refractivity contribution in [3.8, 4) is 5.75 Å². The van der Waals surface area contributed by atoms with Crippen LogP contribution < -0.4 is 15.8 Å². The van der Waals surface area contributed by atoms with Crippen molar-refractivity contribution in [3.63, 3.8) is 0 Å². The van der Waals surface area contributed by atoms with Crippen molar-refractivity contribution in [2.45, 2.75) is 19.9 Å². The van der Waals surface area contributed by atoms with Gasteiger partial charge in [-0.1, -0.05) is 35.9 Å². The predicted octanol–water partition coefficient (Wildman–Crippen LogP) is 3.03. The van der Waals surface area contributed by atoms with Gasteiger partial charge in [0.05, 0.1) is 6.61 Å². The van der Waals surface area contributed by atoms with Gasteiger partial charge in [0.1, 0.15) is 11.8 Å². The summed E-state index contributed by atoms with van der Waals surface area (Å²) in [5.41, 5.74) is 8.30. The molecule has 4 nitrogen and oxygen atoms in total. The first-order chi connectivity index (χ1) is 10.1. The highest BCUT2D eigenvalue weighted by Gasteiger charge is 2.21. The molecule has 0 spiro atoms. The topological polar surface area (TPSA) is 64.3 Å². The van der Waals surface area contributed by atoms with E-state index >= 15 is 0 Å². The first-order valence-corrected chi connectivity index (χ1v) is 6.96. The molecule has 110 valence electrons. The van der Waals surface area contributed by atoms with Crippen LogP contribution in [0.1, 0.15) is 24.1 Å². The van der Waals surface area contributed by atoms with E-state index in [4.69, 9.17) is 10.5 Å². The molecule has 0 saturated heterocycles. The number of ether oxygens (including phenoxy) is 1. The van der Waals surface area contributed by atoms with Gasteiger partial charge in [-0.3, -0.25) is 4.79 Å². The smallest absolute Gasteiger partial charge is 0.244 e. The number of hydrogen-bond acceptors (Lipinski definition) is 3.